The molecule has 0 fully saturated rings. The van der Waals surface area contributed by atoms with E-state index >= 15 is 0 Å². The van der Waals surface area contributed by atoms with Crippen molar-refractivity contribution in [3.05, 3.63) is 139 Å². The number of hydrogen-bond acceptors (Lipinski definition) is 7. The van der Waals surface area contributed by atoms with Crippen LogP contribution in [0.5, 0.6) is 11.5 Å². The fourth-order valence-corrected chi connectivity index (χ4v) is 5.61. The fraction of sp³-hybridized carbons (Fsp3) is 0.182. The summed E-state index contributed by atoms with van der Waals surface area (Å²) >= 11 is 1.29. The van der Waals surface area contributed by atoms with Gasteiger partial charge in [-0.2, -0.15) is 0 Å². The second-order valence-corrected chi connectivity index (χ2v) is 10.3. The lowest BCUT2D eigenvalue weighted by Crippen LogP contribution is -2.39. The lowest BCUT2D eigenvalue weighted by molar-refractivity contribution is -0.139. The normalized spacial score (nSPS) is 14.7. The van der Waals surface area contributed by atoms with Gasteiger partial charge in [-0.1, -0.05) is 78.6 Å². The quantitative estimate of drug-likeness (QED) is 0.201. The molecule has 1 atom stereocenters. The predicted molar refractivity (Wildman–Crippen MR) is 160 cm³/mol. The zero-order valence-corrected chi connectivity index (χ0v) is 23.7. The first kappa shape index (κ1) is 27.9. The first-order valence-corrected chi connectivity index (χ1v) is 14.1. The van der Waals surface area contributed by atoms with Crippen LogP contribution in [0.2, 0.25) is 0 Å². The van der Waals surface area contributed by atoms with Crippen LogP contribution in [-0.4, -0.2) is 23.8 Å². The van der Waals surface area contributed by atoms with Crippen molar-refractivity contribution in [2.45, 2.75) is 26.5 Å². The number of fused-ring (bicyclic) bond motifs is 1. The van der Waals surface area contributed by atoms with Crippen LogP contribution in [0.15, 0.2) is 113 Å². The number of benzene rings is 3. The Balaban J connectivity index is 1.49. The molecule has 0 saturated carbocycles. The van der Waals surface area contributed by atoms with E-state index < -0.39 is 12.0 Å². The molecule has 4 aromatic rings. The van der Waals surface area contributed by atoms with Crippen molar-refractivity contribution in [2.75, 3.05) is 13.2 Å². The number of aromatic nitrogens is 1. The van der Waals surface area contributed by atoms with Gasteiger partial charge in [0, 0.05) is 0 Å². The largest absolute Gasteiger partial charge is 0.490 e. The van der Waals surface area contributed by atoms with Crippen molar-refractivity contribution in [3.8, 4) is 11.5 Å². The van der Waals surface area contributed by atoms with Gasteiger partial charge in [-0.05, 0) is 60.9 Å². The molecule has 0 saturated heterocycles. The van der Waals surface area contributed by atoms with Gasteiger partial charge in [0.25, 0.3) is 5.56 Å². The molecule has 0 unspecified atom stereocenters. The molecule has 8 heteroatoms. The summed E-state index contributed by atoms with van der Waals surface area (Å²) in [6.45, 7) is 8.26. The van der Waals surface area contributed by atoms with Crippen LogP contribution >= 0.6 is 11.3 Å². The summed E-state index contributed by atoms with van der Waals surface area (Å²) in [5.74, 6) is 0.907. The standard InChI is InChI=1S/C33H30N2O5S/c1-4-19-39-26-17-13-25(14-18-26)30-29(32(37)38-5-2)22(3)34-33-35(30)31(36)28(41-33)20-23-11-15-27(16-12-23)40-21-24-9-7-6-8-10-24/h4,6-18,20,30H,1,5,19,21H2,2-3H3/b28-20-/t30-/m1/s1. The Morgan fingerprint density at radius 3 is 2.37 bits per heavy atom. The third-order valence-corrected chi connectivity index (χ3v) is 7.49. The third kappa shape index (κ3) is 6.23. The summed E-state index contributed by atoms with van der Waals surface area (Å²) in [6.07, 6.45) is 3.50. The van der Waals surface area contributed by atoms with E-state index in [0.717, 1.165) is 22.4 Å². The summed E-state index contributed by atoms with van der Waals surface area (Å²) in [5.41, 5.74) is 3.32. The first-order valence-electron chi connectivity index (χ1n) is 13.3. The van der Waals surface area contributed by atoms with Crippen LogP contribution in [-0.2, 0) is 16.1 Å². The Kier molecular flexibility index (Phi) is 8.60. The molecule has 0 amide bonds. The van der Waals surface area contributed by atoms with Gasteiger partial charge >= 0.3 is 5.97 Å². The van der Waals surface area contributed by atoms with Crippen molar-refractivity contribution < 1.29 is 19.0 Å². The van der Waals surface area contributed by atoms with Gasteiger partial charge in [-0.3, -0.25) is 9.36 Å². The van der Waals surface area contributed by atoms with E-state index in [9.17, 15) is 9.59 Å². The van der Waals surface area contributed by atoms with E-state index in [0.29, 0.717) is 39.6 Å². The SMILES string of the molecule is C=CCOc1ccc([C@@H]2C(C(=O)OCC)=C(C)N=c3s/c(=C\c4ccc(OCc5ccccc5)cc4)c(=O)n32)cc1. The van der Waals surface area contributed by atoms with Crippen molar-refractivity contribution in [1.82, 2.24) is 4.57 Å². The second-order valence-electron chi connectivity index (χ2n) is 9.31. The van der Waals surface area contributed by atoms with E-state index in [1.54, 1.807) is 24.5 Å². The van der Waals surface area contributed by atoms with Crippen molar-refractivity contribution in [3.63, 3.8) is 0 Å². The number of carbonyl (C=O) groups is 1. The van der Waals surface area contributed by atoms with Crippen LogP contribution in [0.3, 0.4) is 0 Å². The number of carbonyl (C=O) groups excluding carboxylic acids is 1. The minimum Gasteiger partial charge on any atom is -0.490 e. The van der Waals surface area contributed by atoms with Gasteiger partial charge in [-0.15, -0.1) is 0 Å². The number of thiazole rings is 1. The lowest BCUT2D eigenvalue weighted by atomic mass is 9.96. The number of hydrogen-bond donors (Lipinski definition) is 0. The Hall–Kier alpha value is -4.69. The molecular weight excluding hydrogens is 536 g/mol. The van der Waals surface area contributed by atoms with E-state index in [1.807, 2.05) is 84.9 Å². The predicted octanol–water partition coefficient (Wildman–Crippen LogP) is 4.94. The fourth-order valence-electron chi connectivity index (χ4n) is 4.56. The molecule has 41 heavy (non-hydrogen) atoms. The summed E-state index contributed by atoms with van der Waals surface area (Å²) in [5, 5.41) is 0. The maximum atomic E-state index is 13.8. The molecule has 0 radical (unpaired) electrons. The number of allylic oxidation sites excluding steroid dienone is 1. The highest BCUT2D eigenvalue weighted by Crippen LogP contribution is 2.31. The van der Waals surface area contributed by atoms with Crippen LogP contribution in [0, 0.1) is 0 Å². The number of ether oxygens (including phenoxy) is 3. The molecule has 1 aliphatic rings. The molecular formula is C33H30N2O5S. The molecule has 2 heterocycles. The van der Waals surface area contributed by atoms with Crippen LogP contribution < -0.4 is 24.4 Å². The Morgan fingerprint density at radius 2 is 1.68 bits per heavy atom. The van der Waals surface area contributed by atoms with Crippen molar-refractivity contribution in [2.24, 2.45) is 4.99 Å². The first-order chi connectivity index (χ1) is 20.0. The van der Waals surface area contributed by atoms with E-state index in [-0.39, 0.29) is 12.2 Å². The average Bonchev–Trinajstić information content (AvgIpc) is 3.29. The second kappa shape index (κ2) is 12.7. The number of esters is 1. The van der Waals surface area contributed by atoms with Gasteiger partial charge in [-0.25, -0.2) is 9.79 Å². The minimum absolute atomic E-state index is 0.214. The molecule has 0 N–H and O–H groups in total. The number of rotatable bonds is 10. The lowest BCUT2D eigenvalue weighted by Gasteiger charge is -2.24. The van der Waals surface area contributed by atoms with Gasteiger partial charge in [0.05, 0.1) is 28.5 Å². The van der Waals surface area contributed by atoms with Gasteiger partial charge in [0.2, 0.25) is 0 Å². The summed E-state index contributed by atoms with van der Waals surface area (Å²) < 4.78 is 19.0. The topological polar surface area (TPSA) is 79.1 Å². The third-order valence-electron chi connectivity index (χ3n) is 6.51. The molecule has 7 nitrogen and oxygen atoms in total. The van der Waals surface area contributed by atoms with E-state index in [1.165, 1.54) is 11.3 Å². The Bertz CT molecular complexity index is 1750. The maximum Gasteiger partial charge on any atom is 0.338 e. The molecule has 0 spiro atoms. The molecule has 3 aromatic carbocycles. The molecule has 5 rings (SSSR count). The van der Waals surface area contributed by atoms with Gasteiger partial charge < -0.3 is 14.2 Å². The molecule has 1 aliphatic heterocycles. The van der Waals surface area contributed by atoms with E-state index in [4.69, 9.17) is 14.2 Å². The van der Waals surface area contributed by atoms with Gasteiger partial charge in [0.15, 0.2) is 4.80 Å². The highest BCUT2D eigenvalue weighted by molar-refractivity contribution is 7.07. The van der Waals surface area contributed by atoms with Gasteiger partial charge in [0.1, 0.15) is 24.7 Å². The zero-order chi connectivity index (χ0) is 28.8. The van der Waals surface area contributed by atoms with Crippen molar-refractivity contribution >= 4 is 23.4 Å². The average molecular weight is 567 g/mol. The highest BCUT2D eigenvalue weighted by Gasteiger charge is 2.33. The van der Waals surface area contributed by atoms with Crippen LogP contribution in [0.4, 0.5) is 0 Å². The zero-order valence-electron chi connectivity index (χ0n) is 22.9. The Morgan fingerprint density at radius 1 is 1.00 bits per heavy atom. The van der Waals surface area contributed by atoms with Crippen molar-refractivity contribution in [1.29, 1.82) is 0 Å². The van der Waals surface area contributed by atoms with Crippen LogP contribution in [0.1, 0.15) is 36.6 Å². The molecule has 1 aromatic heterocycles. The smallest absolute Gasteiger partial charge is 0.338 e. The summed E-state index contributed by atoms with van der Waals surface area (Å²) in [6, 6.07) is 24.2. The maximum absolute atomic E-state index is 13.8. The van der Waals surface area contributed by atoms with Crippen LogP contribution in [0.25, 0.3) is 6.08 Å². The molecule has 208 valence electrons. The number of nitrogens with zero attached hydrogens (tertiary/aromatic N) is 2. The van der Waals surface area contributed by atoms with E-state index in [2.05, 4.69) is 11.6 Å². The molecule has 0 aliphatic carbocycles. The highest BCUT2D eigenvalue weighted by atomic mass is 32.1. The monoisotopic (exact) mass is 566 g/mol. The molecule has 0 bridgehead atoms. The summed E-state index contributed by atoms with van der Waals surface area (Å²) in [4.78, 5) is 32.1. The minimum atomic E-state index is -0.685. The summed E-state index contributed by atoms with van der Waals surface area (Å²) in [7, 11) is 0. The Labute approximate surface area is 242 Å².